The topological polar surface area (TPSA) is 4.41 Å². The Morgan fingerprint density at radius 3 is 2.80 bits per heavy atom. The van der Waals surface area contributed by atoms with Crippen molar-refractivity contribution in [2.24, 2.45) is 0 Å². The molecule has 20 heavy (non-hydrogen) atoms. The molecule has 1 aromatic carbocycles. The summed E-state index contributed by atoms with van der Waals surface area (Å²) in [5, 5.41) is 5.82. The molecule has 0 bridgehead atoms. The van der Waals surface area contributed by atoms with Crippen LogP contribution >= 0.6 is 0 Å². The fraction of sp³-hybridized carbons (Fsp3) is 0.263. The molecule has 2 aliphatic carbocycles. The summed E-state index contributed by atoms with van der Waals surface area (Å²) in [7, 11) is 0. The molecule has 0 saturated carbocycles. The third-order valence-electron chi connectivity index (χ3n) is 4.85. The molecule has 0 fully saturated rings. The van der Waals surface area contributed by atoms with Gasteiger partial charge in [0.15, 0.2) is 0 Å². The summed E-state index contributed by atoms with van der Waals surface area (Å²) in [5.41, 5.74) is 5.81. The molecule has 5 rings (SSSR count). The average Bonchev–Trinajstić information content (AvgIpc) is 2.98. The summed E-state index contributed by atoms with van der Waals surface area (Å²) in [6.07, 6.45) is 14.2. The highest BCUT2D eigenvalue weighted by Gasteiger charge is 2.20. The monoisotopic (exact) mass is 259 g/mol. The summed E-state index contributed by atoms with van der Waals surface area (Å²) in [6.45, 7) is 2.23. The van der Waals surface area contributed by atoms with Gasteiger partial charge in [-0.1, -0.05) is 18.2 Å². The number of hydrogen-bond donors (Lipinski definition) is 0. The molecular formula is C19H17N. The van der Waals surface area contributed by atoms with Crippen LogP contribution in [0.3, 0.4) is 0 Å². The first-order valence-electron chi connectivity index (χ1n) is 7.60. The molecule has 3 aromatic rings. The maximum Gasteiger partial charge on any atom is 0.0617 e. The first-order valence-corrected chi connectivity index (χ1v) is 7.60. The lowest BCUT2D eigenvalue weighted by Crippen LogP contribution is -2.28. The molecule has 0 aliphatic heterocycles. The van der Waals surface area contributed by atoms with E-state index in [0.717, 1.165) is 0 Å². The largest absolute Gasteiger partial charge is 0.309 e. The van der Waals surface area contributed by atoms with Crippen molar-refractivity contribution in [2.45, 2.75) is 32.6 Å². The normalized spacial score (nSPS) is 17.1. The molecule has 0 saturated heterocycles. The van der Waals surface area contributed by atoms with Crippen LogP contribution in [0.4, 0.5) is 0 Å². The van der Waals surface area contributed by atoms with E-state index >= 15 is 0 Å². The van der Waals surface area contributed by atoms with Crippen LogP contribution in [0.15, 0.2) is 18.2 Å². The Labute approximate surface area is 117 Å². The fourth-order valence-electron chi connectivity index (χ4n) is 4.08. The molecule has 0 N–H and O–H groups in total. The van der Waals surface area contributed by atoms with Gasteiger partial charge >= 0.3 is 0 Å². The number of rotatable bonds is 0. The maximum atomic E-state index is 2.51. The number of nitrogens with zero attached hydrogens (tertiary/aromatic N) is 1. The zero-order valence-corrected chi connectivity index (χ0v) is 11.7. The molecule has 0 radical (unpaired) electrons. The Kier molecular flexibility index (Phi) is 1.90. The first kappa shape index (κ1) is 10.7. The minimum Gasteiger partial charge on any atom is -0.309 e. The van der Waals surface area contributed by atoms with Gasteiger partial charge in [-0.25, -0.2) is 0 Å². The van der Waals surface area contributed by atoms with Crippen molar-refractivity contribution in [1.29, 1.82) is 0 Å². The fourth-order valence-corrected chi connectivity index (χ4v) is 4.08. The average molecular weight is 259 g/mol. The molecule has 2 heterocycles. The van der Waals surface area contributed by atoms with Crippen molar-refractivity contribution in [1.82, 2.24) is 4.40 Å². The van der Waals surface area contributed by atoms with E-state index in [4.69, 9.17) is 0 Å². The first-order chi connectivity index (χ1) is 9.84. The zero-order valence-electron chi connectivity index (χ0n) is 11.7. The lowest BCUT2D eigenvalue weighted by atomic mass is 9.98. The van der Waals surface area contributed by atoms with Crippen molar-refractivity contribution in [3.63, 3.8) is 0 Å². The molecule has 0 atom stereocenters. The van der Waals surface area contributed by atoms with Gasteiger partial charge < -0.3 is 4.40 Å². The smallest absolute Gasteiger partial charge is 0.0617 e. The van der Waals surface area contributed by atoms with E-state index in [1.807, 2.05) is 0 Å². The molecule has 2 aliphatic rings. The second-order valence-corrected chi connectivity index (χ2v) is 6.13. The van der Waals surface area contributed by atoms with Gasteiger partial charge in [-0.3, -0.25) is 0 Å². The van der Waals surface area contributed by atoms with E-state index in [2.05, 4.69) is 47.8 Å². The van der Waals surface area contributed by atoms with Crippen molar-refractivity contribution in [2.75, 3.05) is 0 Å². The summed E-state index contributed by atoms with van der Waals surface area (Å²) < 4.78 is 2.51. The van der Waals surface area contributed by atoms with Crippen LogP contribution in [0.1, 0.15) is 36.1 Å². The SMILES string of the molecule is Cc1cc2c3c(n4c5c(c(c1)c24)=CCCC=5)C=CCC3. The summed E-state index contributed by atoms with van der Waals surface area (Å²) >= 11 is 0. The summed E-state index contributed by atoms with van der Waals surface area (Å²) in [6, 6.07) is 4.75. The predicted octanol–water partition coefficient (Wildman–Crippen LogP) is 3.15. The van der Waals surface area contributed by atoms with Crippen molar-refractivity contribution in [3.05, 3.63) is 45.6 Å². The molecule has 0 spiro atoms. The van der Waals surface area contributed by atoms with Crippen LogP contribution < -0.4 is 10.6 Å². The number of hydrogen-bond acceptors (Lipinski definition) is 0. The summed E-state index contributed by atoms with van der Waals surface area (Å²) in [5.74, 6) is 0. The van der Waals surface area contributed by atoms with E-state index in [1.54, 1.807) is 5.56 Å². The van der Waals surface area contributed by atoms with E-state index < -0.39 is 0 Å². The highest BCUT2D eigenvalue weighted by atomic mass is 14.9. The Morgan fingerprint density at radius 2 is 1.85 bits per heavy atom. The highest BCUT2D eigenvalue weighted by Crippen LogP contribution is 2.33. The Hall–Kier alpha value is -2.02. The highest BCUT2D eigenvalue weighted by molar-refractivity contribution is 6.02. The number of benzene rings is 1. The van der Waals surface area contributed by atoms with Crippen LogP contribution in [0.2, 0.25) is 0 Å². The molecular weight excluding hydrogens is 242 g/mol. The van der Waals surface area contributed by atoms with Crippen LogP contribution in [0, 0.1) is 6.92 Å². The van der Waals surface area contributed by atoms with Crippen molar-refractivity contribution < 1.29 is 0 Å². The number of aromatic nitrogens is 1. The second kappa shape index (κ2) is 3.54. The van der Waals surface area contributed by atoms with E-state index in [1.165, 1.54) is 63.8 Å². The van der Waals surface area contributed by atoms with Gasteiger partial charge in [0.05, 0.1) is 5.52 Å². The van der Waals surface area contributed by atoms with Gasteiger partial charge in [0.1, 0.15) is 0 Å². The zero-order chi connectivity index (χ0) is 13.3. The second-order valence-electron chi connectivity index (χ2n) is 6.13. The minimum absolute atomic E-state index is 1.17. The van der Waals surface area contributed by atoms with Crippen molar-refractivity contribution >= 4 is 34.5 Å². The molecule has 0 unspecified atom stereocenters. The molecule has 98 valence electrons. The minimum atomic E-state index is 1.17. The van der Waals surface area contributed by atoms with Gasteiger partial charge in [-0.15, -0.1) is 0 Å². The van der Waals surface area contributed by atoms with Gasteiger partial charge in [0.25, 0.3) is 0 Å². The third-order valence-corrected chi connectivity index (χ3v) is 4.85. The number of allylic oxidation sites excluding steroid dienone is 1. The van der Waals surface area contributed by atoms with E-state index in [0.29, 0.717) is 0 Å². The summed E-state index contributed by atoms with van der Waals surface area (Å²) in [4.78, 5) is 0. The quantitative estimate of drug-likeness (QED) is 0.584. The standard InChI is InChI=1S/C19H17N/c1-12-10-15-13-6-2-4-8-17(13)20-18-9-5-3-7-14(18)16(11-12)19(15)20/h4,7-11H,2-3,5-6H2,1H3. The van der Waals surface area contributed by atoms with Gasteiger partial charge in [-0.05, 0) is 61.9 Å². The Morgan fingerprint density at radius 1 is 1.00 bits per heavy atom. The van der Waals surface area contributed by atoms with E-state index in [9.17, 15) is 0 Å². The molecule has 1 heteroatoms. The number of fused-ring (bicyclic) bond motifs is 6. The molecule has 1 nitrogen and oxygen atoms in total. The van der Waals surface area contributed by atoms with E-state index in [-0.39, 0.29) is 0 Å². The Bertz CT molecular complexity index is 998. The van der Waals surface area contributed by atoms with Crippen LogP contribution in [-0.4, -0.2) is 4.40 Å². The van der Waals surface area contributed by atoms with Gasteiger partial charge in [0, 0.05) is 27.0 Å². The predicted molar refractivity (Wildman–Crippen MR) is 85.6 cm³/mol. The van der Waals surface area contributed by atoms with Gasteiger partial charge in [-0.2, -0.15) is 0 Å². The van der Waals surface area contributed by atoms with Crippen molar-refractivity contribution in [3.8, 4) is 0 Å². The van der Waals surface area contributed by atoms with Gasteiger partial charge in [0.2, 0.25) is 0 Å². The lowest BCUT2D eigenvalue weighted by molar-refractivity contribution is 0.968. The molecule has 0 amide bonds. The van der Waals surface area contributed by atoms with Crippen LogP contribution in [0.25, 0.3) is 34.5 Å². The lowest BCUT2D eigenvalue weighted by Gasteiger charge is -2.07. The molecule has 2 aromatic heterocycles. The third kappa shape index (κ3) is 1.14. The van der Waals surface area contributed by atoms with Crippen LogP contribution in [0.5, 0.6) is 0 Å². The number of aryl methyl sites for hydroxylation is 2. The van der Waals surface area contributed by atoms with Crippen LogP contribution in [-0.2, 0) is 6.42 Å². The maximum absolute atomic E-state index is 2.51. The Balaban J connectivity index is 2.20.